The molecule has 74 valence electrons. The molecule has 1 heteroatoms. The minimum Gasteiger partial charge on any atom is -0.396 e. The van der Waals surface area contributed by atoms with Crippen molar-refractivity contribution in [3.8, 4) is 0 Å². The molecule has 0 saturated heterocycles. The molecule has 1 nitrogen and oxygen atoms in total. The summed E-state index contributed by atoms with van der Waals surface area (Å²) < 4.78 is 0. The Morgan fingerprint density at radius 3 is 1.92 bits per heavy atom. The van der Waals surface area contributed by atoms with Crippen molar-refractivity contribution in [2.24, 2.45) is 5.92 Å². The van der Waals surface area contributed by atoms with Crippen molar-refractivity contribution in [2.75, 3.05) is 6.61 Å². The van der Waals surface area contributed by atoms with E-state index >= 15 is 0 Å². The van der Waals surface area contributed by atoms with Crippen LogP contribution in [0.25, 0.3) is 0 Å². The molecule has 0 unspecified atom stereocenters. The van der Waals surface area contributed by atoms with Crippen LogP contribution in [-0.2, 0) is 0 Å². The Bertz CT molecular complexity index is 75.1. The van der Waals surface area contributed by atoms with E-state index in [1.807, 2.05) is 0 Å². The molecule has 0 aliphatic carbocycles. The molecule has 0 fully saturated rings. The minimum absolute atomic E-state index is 0.366. The van der Waals surface area contributed by atoms with E-state index in [9.17, 15) is 0 Å². The first-order valence-corrected chi connectivity index (χ1v) is 5.46. The van der Waals surface area contributed by atoms with Crippen molar-refractivity contribution >= 4 is 0 Å². The van der Waals surface area contributed by atoms with Gasteiger partial charge in [-0.1, -0.05) is 52.4 Å². The van der Waals surface area contributed by atoms with Gasteiger partial charge in [-0.05, 0) is 12.3 Å². The standard InChI is InChI=1S/C11H24O/c1-3-7-11(8-4-2)9-5-6-10-12/h11-12H,3-10H2,1-2H3. The molecule has 12 heavy (non-hydrogen) atoms. The Kier molecular flexibility index (Phi) is 9.02. The molecule has 0 amide bonds. The Balaban J connectivity index is 3.34. The number of rotatable bonds is 8. The first-order valence-electron chi connectivity index (χ1n) is 5.46. The average Bonchev–Trinajstić information content (AvgIpc) is 2.06. The lowest BCUT2D eigenvalue weighted by Gasteiger charge is -2.14. The summed E-state index contributed by atoms with van der Waals surface area (Å²) in [6, 6.07) is 0. The largest absolute Gasteiger partial charge is 0.396 e. The lowest BCUT2D eigenvalue weighted by atomic mass is 9.93. The summed E-state index contributed by atoms with van der Waals surface area (Å²) in [5.41, 5.74) is 0. The van der Waals surface area contributed by atoms with Crippen LogP contribution >= 0.6 is 0 Å². The van der Waals surface area contributed by atoms with Gasteiger partial charge in [-0.2, -0.15) is 0 Å². The van der Waals surface area contributed by atoms with Crippen LogP contribution in [0.1, 0.15) is 58.8 Å². The van der Waals surface area contributed by atoms with Crippen molar-refractivity contribution in [2.45, 2.75) is 58.8 Å². The molecule has 0 aliphatic rings. The predicted molar refractivity (Wildman–Crippen MR) is 54.2 cm³/mol. The highest BCUT2D eigenvalue weighted by molar-refractivity contribution is 4.58. The number of hydrogen-bond acceptors (Lipinski definition) is 1. The van der Waals surface area contributed by atoms with Gasteiger partial charge in [-0.15, -0.1) is 0 Å². The van der Waals surface area contributed by atoms with Crippen LogP contribution in [-0.4, -0.2) is 11.7 Å². The van der Waals surface area contributed by atoms with Gasteiger partial charge in [0.05, 0.1) is 0 Å². The molecule has 0 radical (unpaired) electrons. The third kappa shape index (κ3) is 6.66. The van der Waals surface area contributed by atoms with Crippen molar-refractivity contribution in [3.05, 3.63) is 0 Å². The normalized spacial score (nSPS) is 11.0. The van der Waals surface area contributed by atoms with Crippen LogP contribution in [0.3, 0.4) is 0 Å². The van der Waals surface area contributed by atoms with Gasteiger partial charge < -0.3 is 5.11 Å². The van der Waals surface area contributed by atoms with E-state index in [1.54, 1.807) is 0 Å². The molecule has 0 aromatic heterocycles. The van der Waals surface area contributed by atoms with Crippen molar-refractivity contribution in [1.82, 2.24) is 0 Å². The van der Waals surface area contributed by atoms with Crippen LogP contribution in [0.2, 0.25) is 0 Å². The fourth-order valence-electron chi connectivity index (χ4n) is 1.79. The van der Waals surface area contributed by atoms with Gasteiger partial charge >= 0.3 is 0 Å². The zero-order valence-electron chi connectivity index (χ0n) is 8.68. The van der Waals surface area contributed by atoms with Gasteiger partial charge in [-0.25, -0.2) is 0 Å². The first kappa shape index (κ1) is 12.0. The van der Waals surface area contributed by atoms with Gasteiger partial charge in [0.2, 0.25) is 0 Å². The second kappa shape index (κ2) is 9.05. The zero-order valence-corrected chi connectivity index (χ0v) is 8.68. The van der Waals surface area contributed by atoms with E-state index in [0.29, 0.717) is 6.61 Å². The highest BCUT2D eigenvalue weighted by atomic mass is 16.2. The lowest BCUT2D eigenvalue weighted by Crippen LogP contribution is -2.00. The summed E-state index contributed by atoms with van der Waals surface area (Å²) in [7, 11) is 0. The topological polar surface area (TPSA) is 20.2 Å². The SMILES string of the molecule is CCCC(CCC)CCCCO. The Labute approximate surface area is 77.2 Å². The molecule has 0 spiro atoms. The average molecular weight is 172 g/mol. The summed E-state index contributed by atoms with van der Waals surface area (Å²) in [6.45, 7) is 4.88. The summed E-state index contributed by atoms with van der Waals surface area (Å²) >= 11 is 0. The van der Waals surface area contributed by atoms with E-state index in [4.69, 9.17) is 5.11 Å². The number of hydrogen-bond donors (Lipinski definition) is 1. The first-order chi connectivity index (χ1) is 5.85. The quantitative estimate of drug-likeness (QED) is 0.557. The third-order valence-electron chi connectivity index (χ3n) is 2.41. The fraction of sp³-hybridized carbons (Fsp3) is 1.00. The van der Waals surface area contributed by atoms with E-state index in [1.165, 1.54) is 38.5 Å². The van der Waals surface area contributed by atoms with Crippen LogP contribution in [0, 0.1) is 5.92 Å². The minimum atomic E-state index is 0.366. The molecule has 0 aromatic carbocycles. The molecule has 0 rings (SSSR count). The number of unbranched alkanes of at least 4 members (excludes halogenated alkanes) is 1. The molecule has 0 saturated carbocycles. The van der Waals surface area contributed by atoms with E-state index < -0.39 is 0 Å². The van der Waals surface area contributed by atoms with Crippen LogP contribution in [0.15, 0.2) is 0 Å². The van der Waals surface area contributed by atoms with Crippen LogP contribution in [0.5, 0.6) is 0 Å². The summed E-state index contributed by atoms with van der Waals surface area (Å²) in [5.74, 6) is 0.923. The van der Waals surface area contributed by atoms with Gasteiger partial charge in [0, 0.05) is 6.61 Å². The van der Waals surface area contributed by atoms with Crippen LogP contribution in [0.4, 0.5) is 0 Å². The molecule has 0 atom stereocenters. The second-order valence-electron chi connectivity index (χ2n) is 3.66. The maximum atomic E-state index is 8.64. The maximum Gasteiger partial charge on any atom is 0.0431 e. The van der Waals surface area contributed by atoms with Gasteiger partial charge in [0.15, 0.2) is 0 Å². The monoisotopic (exact) mass is 172 g/mol. The summed E-state index contributed by atoms with van der Waals surface area (Å²) in [5, 5.41) is 8.64. The van der Waals surface area contributed by atoms with Crippen molar-refractivity contribution < 1.29 is 5.11 Å². The predicted octanol–water partition coefficient (Wildman–Crippen LogP) is 3.37. The number of aliphatic hydroxyl groups excluding tert-OH is 1. The Hall–Kier alpha value is -0.0400. The van der Waals surface area contributed by atoms with Gasteiger partial charge in [-0.3, -0.25) is 0 Å². The molecule has 0 bridgehead atoms. The van der Waals surface area contributed by atoms with E-state index in [-0.39, 0.29) is 0 Å². The van der Waals surface area contributed by atoms with Crippen LogP contribution < -0.4 is 0 Å². The summed E-state index contributed by atoms with van der Waals surface area (Å²) in [4.78, 5) is 0. The lowest BCUT2D eigenvalue weighted by molar-refractivity contribution is 0.274. The van der Waals surface area contributed by atoms with Crippen molar-refractivity contribution in [3.63, 3.8) is 0 Å². The molecule has 0 aliphatic heterocycles. The zero-order chi connectivity index (χ0) is 9.23. The molecular weight excluding hydrogens is 148 g/mol. The highest BCUT2D eigenvalue weighted by Gasteiger charge is 2.05. The maximum absolute atomic E-state index is 8.64. The Morgan fingerprint density at radius 2 is 1.50 bits per heavy atom. The van der Waals surface area contributed by atoms with Crippen molar-refractivity contribution in [1.29, 1.82) is 0 Å². The summed E-state index contributed by atoms with van der Waals surface area (Å²) in [6.07, 6.45) is 8.89. The molecule has 1 N–H and O–H groups in total. The number of aliphatic hydroxyl groups is 1. The second-order valence-corrected chi connectivity index (χ2v) is 3.66. The van der Waals surface area contributed by atoms with Gasteiger partial charge in [0.1, 0.15) is 0 Å². The fourth-order valence-corrected chi connectivity index (χ4v) is 1.79. The van der Waals surface area contributed by atoms with Gasteiger partial charge in [0.25, 0.3) is 0 Å². The molecule has 0 heterocycles. The highest BCUT2D eigenvalue weighted by Crippen LogP contribution is 2.19. The third-order valence-corrected chi connectivity index (χ3v) is 2.41. The Morgan fingerprint density at radius 1 is 0.917 bits per heavy atom. The molecule has 0 aromatic rings. The molecular formula is C11H24O. The van der Waals surface area contributed by atoms with E-state index in [2.05, 4.69) is 13.8 Å². The smallest absolute Gasteiger partial charge is 0.0431 e. The van der Waals surface area contributed by atoms with E-state index in [0.717, 1.165) is 12.3 Å².